The summed E-state index contributed by atoms with van der Waals surface area (Å²) < 4.78 is 11.4. The number of ether oxygens (including phenoxy) is 2. The van der Waals surface area contributed by atoms with Gasteiger partial charge in [-0.1, -0.05) is 18.2 Å². The van der Waals surface area contributed by atoms with Crippen molar-refractivity contribution in [2.45, 2.75) is 6.61 Å². The Kier molecular flexibility index (Phi) is 4.10. The van der Waals surface area contributed by atoms with Crippen molar-refractivity contribution < 1.29 is 14.6 Å². The van der Waals surface area contributed by atoms with Crippen molar-refractivity contribution in [3.63, 3.8) is 0 Å². The Morgan fingerprint density at radius 2 is 1.83 bits per heavy atom. The van der Waals surface area contributed by atoms with Gasteiger partial charge in [-0.25, -0.2) is 0 Å². The smallest absolute Gasteiger partial charge is 0.175 e. The van der Waals surface area contributed by atoms with Gasteiger partial charge >= 0.3 is 0 Å². The normalized spacial score (nSPS) is 10.1. The van der Waals surface area contributed by atoms with Crippen molar-refractivity contribution in [3.8, 4) is 17.2 Å². The third-order valence-corrected chi connectivity index (χ3v) is 3.11. The fourth-order valence-electron chi connectivity index (χ4n) is 1.52. The van der Waals surface area contributed by atoms with Crippen molar-refractivity contribution in [3.05, 3.63) is 52.5 Å². The summed E-state index contributed by atoms with van der Waals surface area (Å²) >= 11 is 3.34. The van der Waals surface area contributed by atoms with Gasteiger partial charge < -0.3 is 14.6 Å². The standard InChI is InChI=1S/C14H13BrO3/c1-17-11-7-5-10(6-8-11)9-18-14-12(15)3-2-4-13(14)16/h2-8,16H,9H2,1H3. The van der Waals surface area contributed by atoms with Gasteiger partial charge in [0.2, 0.25) is 0 Å². The maximum Gasteiger partial charge on any atom is 0.175 e. The number of halogens is 1. The van der Waals surface area contributed by atoms with Crippen LogP contribution < -0.4 is 9.47 Å². The number of rotatable bonds is 4. The van der Waals surface area contributed by atoms with Gasteiger partial charge in [-0.2, -0.15) is 0 Å². The van der Waals surface area contributed by atoms with Crippen LogP contribution in [0.3, 0.4) is 0 Å². The molecule has 0 amide bonds. The van der Waals surface area contributed by atoms with E-state index in [9.17, 15) is 5.11 Å². The van der Waals surface area contributed by atoms with Crippen LogP contribution in [0.2, 0.25) is 0 Å². The first-order chi connectivity index (χ1) is 8.70. The Bertz CT molecular complexity index is 503. The summed E-state index contributed by atoms with van der Waals surface area (Å²) in [6.07, 6.45) is 0. The fourth-order valence-corrected chi connectivity index (χ4v) is 1.99. The topological polar surface area (TPSA) is 38.7 Å². The zero-order chi connectivity index (χ0) is 13.0. The molecule has 0 aliphatic heterocycles. The Labute approximate surface area is 114 Å². The third-order valence-electron chi connectivity index (χ3n) is 2.49. The van der Waals surface area contributed by atoms with Crippen LogP contribution in [0.25, 0.3) is 0 Å². The molecule has 0 heterocycles. The van der Waals surface area contributed by atoms with Crippen molar-refractivity contribution in [1.29, 1.82) is 0 Å². The lowest BCUT2D eigenvalue weighted by molar-refractivity contribution is 0.287. The lowest BCUT2D eigenvalue weighted by Gasteiger charge is -2.10. The molecule has 1 N–H and O–H groups in total. The molecular formula is C14H13BrO3. The summed E-state index contributed by atoms with van der Waals surface area (Å²) in [5.41, 5.74) is 1.01. The van der Waals surface area contributed by atoms with Crippen molar-refractivity contribution in [2.75, 3.05) is 7.11 Å². The molecule has 3 nitrogen and oxygen atoms in total. The van der Waals surface area contributed by atoms with Crippen LogP contribution in [0.15, 0.2) is 46.9 Å². The second kappa shape index (κ2) is 5.78. The summed E-state index contributed by atoms with van der Waals surface area (Å²) in [6, 6.07) is 12.8. The minimum Gasteiger partial charge on any atom is -0.504 e. The van der Waals surface area contributed by atoms with E-state index in [0.717, 1.165) is 15.8 Å². The summed E-state index contributed by atoms with van der Waals surface area (Å²) in [7, 11) is 1.63. The molecule has 0 bridgehead atoms. The van der Waals surface area contributed by atoms with Gasteiger partial charge in [0.25, 0.3) is 0 Å². The van der Waals surface area contributed by atoms with Crippen molar-refractivity contribution >= 4 is 15.9 Å². The molecule has 0 saturated heterocycles. The van der Waals surface area contributed by atoms with Crippen LogP contribution in [-0.2, 0) is 6.61 Å². The monoisotopic (exact) mass is 308 g/mol. The molecule has 0 atom stereocenters. The Balaban J connectivity index is 2.06. The predicted molar refractivity (Wildman–Crippen MR) is 73.1 cm³/mol. The first-order valence-corrected chi connectivity index (χ1v) is 6.23. The number of phenols is 1. The molecule has 4 heteroatoms. The highest BCUT2D eigenvalue weighted by Gasteiger charge is 2.06. The van der Waals surface area contributed by atoms with Gasteiger partial charge in [0, 0.05) is 0 Å². The molecule has 2 aromatic rings. The molecule has 0 aliphatic rings. The number of hydrogen-bond donors (Lipinski definition) is 1. The molecule has 0 fully saturated rings. The maximum absolute atomic E-state index is 9.68. The summed E-state index contributed by atoms with van der Waals surface area (Å²) in [5, 5.41) is 9.68. The van der Waals surface area contributed by atoms with Crippen molar-refractivity contribution in [1.82, 2.24) is 0 Å². The van der Waals surface area contributed by atoms with E-state index in [2.05, 4.69) is 15.9 Å². The molecule has 2 aromatic carbocycles. The van der Waals surface area contributed by atoms with Crippen molar-refractivity contribution in [2.24, 2.45) is 0 Å². The minimum absolute atomic E-state index is 0.123. The number of phenolic OH excluding ortho intramolecular Hbond substituents is 1. The van der Waals surface area contributed by atoms with Crippen LogP contribution in [0.5, 0.6) is 17.2 Å². The van der Waals surface area contributed by atoms with E-state index < -0.39 is 0 Å². The minimum atomic E-state index is 0.123. The second-order valence-corrected chi connectivity index (χ2v) is 4.58. The average molecular weight is 309 g/mol. The fraction of sp³-hybridized carbons (Fsp3) is 0.143. The molecule has 0 saturated carbocycles. The second-order valence-electron chi connectivity index (χ2n) is 3.72. The third kappa shape index (κ3) is 2.96. The molecule has 18 heavy (non-hydrogen) atoms. The molecule has 0 spiro atoms. The highest BCUT2D eigenvalue weighted by Crippen LogP contribution is 2.34. The molecule has 0 radical (unpaired) electrons. The zero-order valence-corrected chi connectivity index (χ0v) is 11.5. The van der Waals surface area contributed by atoms with Gasteiger partial charge in [0.15, 0.2) is 11.5 Å². The molecular weight excluding hydrogens is 296 g/mol. The average Bonchev–Trinajstić information content (AvgIpc) is 2.39. The van der Waals surface area contributed by atoms with E-state index in [1.165, 1.54) is 0 Å². The van der Waals surface area contributed by atoms with Crippen LogP contribution in [-0.4, -0.2) is 12.2 Å². The predicted octanol–water partition coefficient (Wildman–Crippen LogP) is 3.74. The van der Waals surface area contributed by atoms with E-state index in [1.807, 2.05) is 30.3 Å². The SMILES string of the molecule is COc1ccc(COc2c(O)cccc2Br)cc1. The summed E-state index contributed by atoms with van der Waals surface area (Å²) in [4.78, 5) is 0. The number of benzene rings is 2. The molecule has 0 aromatic heterocycles. The van der Waals surface area contributed by atoms with E-state index in [-0.39, 0.29) is 5.75 Å². The summed E-state index contributed by atoms with van der Waals surface area (Å²) in [5.74, 6) is 1.38. The Morgan fingerprint density at radius 3 is 2.44 bits per heavy atom. The Morgan fingerprint density at radius 1 is 1.11 bits per heavy atom. The number of methoxy groups -OCH3 is 1. The lowest BCUT2D eigenvalue weighted by Crippen LogP contribution is -1.96. The van der Waals surface area contributed by atoms with Crippen LogP contribution in [0.1, 0.15) is 5.56 Å². The van der Waals surface area contributed by atoms with E-state index in [4.69, 9.17) is 9.47 Å². The first-order valence-electron chi connectivity index (χ1n) is 5.44. The number of hydrogen-bond acceptors (Lipinski definition) is 3. The lowest BCUT2D eigenvalue weighted by atomic mass is 10.2. The van der Waals surface area contributed by atoms with E-state index in [1.54, 1.807) is 19.2 Å². The zero-order valence-electron chi connectivity index (χ0n) is 9.89. The Hall–Kier alpha value is -1.68. The number of para-hydroxylation sites is 1. The van der Waals surface area contributed by atoms with Gasteiger partial charge in [-0.3, -0.25) is 0 Å². The van der Waals surface area contributed by atoms with Gasteiger partial charge in [0.1, 0.15) is 12.4 Å². The molecule has 0 unspecified atom stereocenters. The summed E-state index contributed by atoms with van der Waals surface area (Å²) in [6.45, 7) is 0.389. The highest BCUT2D eigenvalue weighted by molar-refractivity contribution is 9.10. The van der Waals surface area contributed by atoms with Crippen LogP contribution in [0, 0.1) is 0 Å². The largest absolute Gasteiger partial charge is 0.504 e. The van der Waals surface area contributed by atoms with Gasteiger partial charge in [-0.05, 0) is 45.8 Å². The highest BCUT2D eigenvalue weighted by atomic mass is 79.9. The molecule has 0 aliphatic carbocycles. The van der Waals surface area contributed by atoms with Gasteiger partial charge in [-0.15, -0.1) is 0 Å². The van der Waals surface area contributed by atoms with Gasteiger partial charge in [0.05, 0.1) is 11.6 Å². The first kappa shape index (κ1) is 12.8. The van der Waals surface area contributed by atoms with E-state index in [0.29, 0.717) is 12.4 Å². The van der Waals surface area contributed by atoms with Crippen LogP contribution in [0.4, 0.5) is 0 Å². The number of aromatic hydroxyl groups is 1. The maximum atomic E-state index is 9.68. The quantitative estimate of drug-likeness (QED) is 0.935. The molecule has 2 rings (SSSR count). The molecule has 94 valence electrons. The van der Waals surface area contributed by atoms with Crippen LogP contribution >= 0.6 is 15.9 Å². The van der Waals surface area contributed by atoms with E-state index >= 15 is 0 Å².